The van der Waals surface area contributed by atoms with Crippen molar-refractivity contribution in [2.24, 2.45) is 0 Å². The minimum absolute atomic E-state index is 0.943. The second-order valence-corrected chi connectivity index (χ2v) is 5.04. The number of benzene rings is 4. The molecule has 0 heterocycles. The first-order valence-electron chi connectivity index (χ1n) is 6.72. The van der Waals surface area contributed by atoms with Gasteiger partial charge in [0.05, 0.1) is 0 Å². The Morgan fingerprint density at radius 3 is 1.50 bits per heavy atom. The normalized spacial score (nSPS) is 11.2. The predicted molar refractivity (Wildman–Crippen MR) is 86.8 cm³/mol. The van der Waals surface area contributed by atoms with Gasteiger partial charge >= 0.3 is 0 Å². The van der Waals surface area contributed by atoms with Crippen LogP contribution >= 0.6 is 0 Å². The van der Waals surface area contributed by atoms with Crippen LogP contribution in [-0.2, 0) is 0 Å². The van der Waals surface area contributed by atoms with Gasteiger partial charge in [0, 0.05) is 6.21 Å². The maximum Gasteiger partial charge on any atom is 0.0250 e. The second-order valence-electron chi connectivity index (χ2n) is 5.04. The summed E-state index contributed by atoms with van der Waals surface area (Å²) >= 11 is 0. The maximum atomic E-state index is 7.46. The SMILES string of the molecule is N=Cc1ccc2c3ccccc3c3ccccc3c2c1. The molecule has 0 unspecified atom stereocenters. The summed E-state index contributed by atoms with van der Waals surface area (Å²) in [6.45, 7) is 0. The Kier molecular flexibility index (Phi) is 2.33. The van der Waals surface area contributed by atoms with E-state index in [-0.39, 0.29) is 0 Å². The minimum atomic E-state index is 0.943. The van der Waals surface area contributed by atoms with Crippen molar-refractivity contribution in [1.29, 1.82) is 5.41 Å². The largest absolute Gasteiger partial charge is 0.308 e. The summed E-state index contributed by atoms with van der Waals surface area (Å²) in [6.07, 6.45) is 1.41. The number of rotatable bonds is 1. The average molecular weight is 255 g/mol. The number of hydrogen-bond donors (Lipinski definition) is 1. The summed E-state index contributed by atoms with van der Waals surface area (Å²) in [5.74, 6) is 0. The Bertz CT molecular complexity index is 932. The Hall–Kier alpha value is -2.67. The molecule has 0 bridgehead atoms. The zero-order valence-electron chi connectivity index (χ0n) is 10.9. The lowest BCUT2D eigenvalue weighted by atomic mass is 9.93. The van der Waals surface area contributed by atoms with Crippen LogP contribution in [0.5, 0.6) is 0 Å². The average Bonchev–Trinajstić information content (AvgIpc) is 2.54. The van der Waals surface area contributed by atoms with E-state index < -0.39 is 0 Å². The molecule has 0 spiro atoms. The molecule has 1 nitrogen and oxygen atoms in total. The summed E-state index contributed by atoms with van der Waals surface area (Å²) in [7, 11) is 0. The van der Waals surface area contributed by atoms with Crippen molar-refractivity contribution in [2.75, 3.05) is 0 Å². The highest BCUT2D eigenvalue weighted by molar-refractivity contribution is 6.25. The van der Waals surface area contributed by atoms with E-state index in [2.05, 4.69) is 60.7 Å². The van der Waals surface area contributed by atoms with Crippen molar-refractivity contribution >= 4 is 38.5 Å². The van der Waals surface area contributed by atoms with Crippen LogP contribution in [0.2, 0.25) is 0 Å². The summed E-state index contributed by atoms with van der Waals surface area (Å²) < 4.78 is 0. The third kappa shape index (κ3) is 1.47. The van der Waals surface area contributed by atoms with Crippen LogP contribution in [0.4, 0.5) is 0 Å². The van der Waals surface area contributed by atoms with Crippen LogP contribution in [0.15, 0.2) is 66.7 Å². The lowest BCUT2D eigenvalue weighted by Gasteiger charge is -2.10. The van der Waals surface area contributed by atoms with E-state index in [1.807, 2.05) is 6.07 Å². The lowest BCUT2D eigenvalue weighted by molar-refractivity contribution is 1.55. The Morgan fingerprint density at radius 1 is 0.550 bits per heavy atom. The molecule has 0 amide bonds. The Labute approximate surface area is 117 Å². The van der Waals surface area contributed by atoms with E-state index in [0.717, 1.165) is 5.56 Å². The van der Waals surface area contributed by atoms with E-state index in [9.17, 15) is 0 Å². The molecular formula is C19H13N. The molecule has 0 atom stereocenters. The number of hydrogen-bond acceptors (Lipinski definition) is 1. The summed E-state index contributed by atoms with van der Waals surface area (Å²) in [5.41, 5.74) is 0.943. The Balaban J connectivity index is 2.38. The van der Waals surface area contributed by atoms with E-state index in [0.29, 0.717) is 0 Å². The van der Waals surface area contributed by atoms with Gasteiger partial charge < -0.3 is 5.41 Å². The minimum Gasteiger partial charge on any atom is -0.308 e. The van der Waals surface area contributed by atoms with Crippen LogP contribution in [0, 0.1) is 5.41 Å². The van der Waals surface area contributed by atoms with Gasteiger partial charge in [-0.1, -0.05) is 60.7 Å². The van der Waals surface area contributed by atoms with E-state index in [4.69, 9.17) is 5.41 Å². The van der Waals surface area contributed by atoms with Gasteiger partial charge in [0.25, 0.3) is 0 Å². The summed E-state index contributed by atoms with van der Waals surface area (Å²) in [5, 5.41) is 15.0. The highest BCUT2D eigenvalue weighted by atomic mass is 14.3. The van der Waals surface area contributed by atoms with E-state index >= 15 is 0 Å². The zero-order valence-corrected chi connectivity index (χ0v) is 10.9. The third-order valence-corrected chi connectivity index (χ3v) is 3.93. The van der Waals surface area contributed by atoms with E-state index in [1.165, 1.54) is 38.5 Å². The van der Waals surface area contributed by atoms with Crippen molar-refractivity contribution in [3.05, 3.63) is 72.3 Å². The fraction of sp³-hybridized carbons (Fsp3) is 0. The smallest absolute Gasteiger partial charge is 0.0250 e. The van der Waals surface area contributed by atoms with Crippen LogP contribution in [0.25, 0.3) is 32.3 Å². The molecule has 0 aliphatic carbocycles. The van der Waals surface area contributed by atoms with Crippen molar-refractivity contribution in [3.8, 4) is 0 Å². The molecule has 0 saturated heterocycles. The molecule has 20 heavy (non-hydrogen) atoms. The van der Waals surface area contributed by atoms with Crippen molar-refractivity contribution in [1.82, 2.24) is 0 Å². The first-order valence-corrected chi connectivity index (χ1v) is 6.72. The van der Waals surface area contributed by atoms with Gasteiger partial charge in [-0.25, -0.2) is 0 Å². The van der Waals surface area contributed by atoms with Crippen LogP contribution in [-0.4, -0.2) is 6.21 Å². The molecular weight excluding hydrogens is 242 g/mol. The number of nitrogens with one attached hydrogen (secondary N) is 1. The topological polar surface area (TPSA) is 23.9 Å². The fourth-order valence-electron chi connectivity index (χ4n) is 3.02. The quantitative estimate of drug-likeness (QED) is 0.359. The monoisotopic (exact) mass is 255 g/mol. The molecule has 4 aromatic rings. The van der Waals surface area contributed by atoms with Gasteiger partial charge in [-0.3, -0.25) is 0 Å². The van der Waals surface area contributed by atoms with Gasteiger partial charge in [0.2, 0.25) is 0 Å². The van der Waals surface area contributed by atoms with Crippen LogP contribution in [0.3, 0.4) is 0 Å². The predicted octanol–water partition coefficient (Wildman–Crippen LogP) is 5.14. The molecule has 94 valence electrons. The van der Waals surface area contributed by atoms with E-state index in [1.54, 1.807) is 0 Å². The maximum absolute atomic E-state index is 7.46. The van der Waals surface area contributed by atoms with Crippen molar-refractivity contribution in [2.45, 2.75) is 0 Å². The third-order valence-electron chi connectivity index (χ3n) is 3.93. The molecule has 1 heteroatoms. The van der Waals surface area contributed by atoms with Crippen LogP contribution in [0.1, 0.15) is 5.56 Å². The van der Waals surface area contributed by atoms with Crippen LogP contribution < -0.4 is 0 Å². The van der Waals surface area contributed by atoms with Crippen molar-refractivity contribution in [3.63, 3.8) is 0 Å². The van der Waals surface area contributed by atoms with Gasteiger partial charge in [-0.05, 0) is 43.9 Å². The van der Waals surface area contributed by atoms with Crippen molar-refractivity contribution < 1.29 is 0 Å². The van der Waals surface area contributed by atoms with Gasteiger partial charge in [-0.2, -0.15) is 0 Å². The lowest BCUT2D eigenvalue weighted by Crippen LogP contribution is -1.85. The van der Waals surface area contributed by atoms with Gasteiger partial charge in [0.15, 0.2) is 0 Å². The molecule has 1 N–H and O–H groups in total. The first kappa shape index (κ1) is 11.2. The zero-order chi connectivity index (χ0) is 13.5. The summed E-state index contributed by atoms with van der Waals surface area (Å²) in [6, 6.07) is 23.3. The first-order chi connectivity index (χ1) is 9.88. The highest BCUT2D eigenvalue weighted by Gasteiger charge is 2.07. The molecule has 4 rings (SSSR count). The Morgan fingerprint density at radius 2 is 1.00 bits per heavy atom. The fourth-order valence-corrected chi connectivity index (χ4v) is 3.02. The molecule has 0 saturated carbocycles. The number of fused-ring (bicyclic) bond motifs is 6. The van der Waals surface area contributed by atoms with Gasteiger partial charge in [-0.15, -0.1) is 0 Å². The summed E-state index contributed by atoms with van der Waals surface area (Å²) in [4.78, 5) is 0. The second kappa shape index (κ2) is 4.17. The molecule has 0 radical (unpaired) electrons. The molecule has 0 aliphatic rings. The molecule has 0 aromatic heterocycles. The highest BCUT2D eigenvalue weighted by Crippen LogP contribution is 2.34. The standard InChI is InChI=1S/C19H13N/c20-12-13-9-10-18-16-7-2-1-5-14(16)15-6-3-4-8-17(15)19(18)11-13/h1-12,20H. The molecule has 0 fully saturated rings. The van der Waals surface area contributed by atoms with Gasteiger partial charge in [0.1, 0.15) is 0 Å². The molecule has 4 aromatic carbocycles. The molecule has 0 aliphatic heterocycles.